The van der Waals surface area contributed by atoms with Crippen molar-refractivity contribution in [3.8, 4) is 11.5 Å². The molecule has 1 amide bonds. The largest absolute Gasteiger partial charge is 0.497 e. The van der Waals surface area contributed by atoms with Gasteiger partial charge in [-0.15, -0.1) is 0 Å². The molecule has 0 radical (unpaired) electrons. The van der Waals surface area contributed by atoms with E-state index in [4.69, 9.17) is 32.7 Å². The first kappa shape index (κ1) is 23.7. The first-order chi connectivity index (χ1) is 14.8. The average molecular weight is 487 g/mol. The standard InChI is InChI=1S/C21H24Cl2N2O5S/c1-29-17-3-2-4-18(14-17)30-12-9-24-21(26)15-7-10-25(11-8-15)31(27,28)20-13-16(22)5-6-19(20)23/h2-6,13-15H,7-12H2,1H3,(H,24,26). The summed E-state index contributed by atoms with van der Waals surface area (Å²) >= 11 is 12.0. The van der Waals surface area contributed by atoms with Crippen LogP contribution in [-0.4, -0.2) is 52.0 Å². The third-order valence-electron chi connectivity index (χ3n) is 5.05. The molecule has 1 aliphatic rings. The summed E-state index contributed by atoms with van der Waals surface area (Å²) in [5, 5.41) is 3.28. The number of hydrogen-bond acceptors (Lipinski definition) is 5. The van der Waals surface area contributed by atoms with E-state index in [2.05, 4.69) is 5.32 Å². The summed E-state index contributed by atoms with van der Waals surface area (Å²) in [5.74, 6) is 0.999. The third kappa shape index (κ3) is 6.04. The van der Waals surface area contributed by atoms with Crippen LogP contribution in [0.1, 0.15) is 12.8 Å². The highest BCUT2D eigenvalue weighted by atomic mass is 35.5. The minimum atomic E-state index is -3.77. The summed E-state index contributed by atoms with van der Waals surface area (Å²) in [7, 11) is -2.18. The van der Waals surface area contributed by atoms with Crippen molar-refractivity contribution in [2.75, 3.05) is 33.4 Å². The molecule has 7 nitrogen and oxygen atoms in total. The number of ether oxygens (including phenoxy) is 2. The van der Waals surface area contributed by atoms with Crippen LogP contribution in [0.15, 0.2) is 47.4 Å². The SMILES string of the molecule is COc1cccc(OCCNC(=O)C2CCN(S(=O)(=O)c3cc(Cl)ccc3Cl)CC2)c1. The van der Waals surface area contributed by atoms with Crippen molar-refractivity contribution in [1.29, 1.82) is 0 Å². The lowest BCUT2D eigenvalue weighted by atomic mass is 9.97. The van der Waals surface area contributed by atoms with Crippen molar-refractivity contribution in [2.24, 2.45) is 5.92 Å². The van der Waals surface area contributed by atoms with E-state index in [1.807, 2.05) is 18.2 Å². The fraction of sp³-hybridized carbons (Fsp3) is 0.381. The molecule has 1 heterocycles. The predicted molar refractivity (Wildman–Crippen MR) is 119 cm³/mol. The maximum absolute atomic E-state index is 12.9. The average Bonchev–Trinajstić information content (AvgIpc) is 2.78. The Balaban J connectivity index is 1.46. The zero-order chi connectivity index (χ0) is 22.4. The molecule has 0 aliphatic carbocycles. The lowest BCUT2D eigenvalue weighted by molar-refractivity contribution is -0.126. The van der Waals surface area contributed by atoms with Crippen LogP contribution in [0.3, 0.4) is 0 Å². The van der Waals surface area contributed by atoms with Gasteiger partial charge in [0.05, 0.1) is 18.7 Å². The zero-order valence-electron chi connectivity index (χ0n) is 17.0. The van der Waals surface area contributed by atoms with E-state index in [0.29, 0.717) is 42.5 Å². The molecular weight excluding hydrogens is 463 g/mol. The molecule has 168 valence electrons. The van der Waals surface area contributed by atoms with Crippen molar-refractivity contribution < 1.29 is 22.7 Å². The van der Waals surface area contributed by atoms with Gasteiger partial charge in [-0.3, -0.25) is 4.79 Å². The lowest BCUT2D eigenvalue weighted by Crippen LogP contribution is -2.43. The third-order valence-corrected chi connectivity index (χ3v) is 7.66. The molecule has 1 aliphatic heterocycles. The van der Waals surface area contributed by atoms with Gasteiger partial charge in [0.25, 0.3) is 0 Å². The number of carbonyl (C=O) groups is 1. The highest BCUT2D eigenvalue weighted by molar-refractivity contribution is 7.89. The van der Waals surface area contributed by atoms with Gasteiger partial charge < -0.3 is 14.8 Å². The van der Waals surface area contributed by atoms with Crippen molar-refractivity contribution in [1.82, 2.24) is 9.62 Å². The second-order valence-electron chi connectivity index (χ2n) is 7.07. The van der Waals surface area contributed by atoms with Crippen LogP contribution in [0, 0.1) is 5.92 Å². The molecule has 0 saturated carbocycles. The molecule has 10 heteroatoms. The van der Waals surface area contributed by atoms with Gasteiger partial charge in [-0.05, 0) is 43.2 Å². The smallest absolute Gasteiger partial charge is 0.244 e. The summed E-state index contributed by atoms with van der Waals surface area (Å²) in [4.78, 5) is 12.4. The van der Waals surface area contributed by atoms with Crippen LogP contribution in [0.5, 0.6) is 11.5 Å². The van der Waals surface area contributed by atoms with Gasteiger partial charge in [0.2, 0.25) is 15.9 Å². The van der Waals surface area contributed by atoms with Crippen LogP contribution < -0.4 is 14.8 Å². The molecule has 2 aromatic rings. The maximum Gasteiger partial charge on any atom is 0.244 e. The van der Waals surface area contributed by atoms with Crippen molar-refractivity contribution >= 4 is 39.1 Å². The van der Waals surface area contributed by atoms with Gasteiger partial charge in [0, 0.05) is 30.1 Å². The number of sulfonamides is 1. The van der Waals surface area contributed by atoms with Gasteiger partial charge in [-0.25, -0.2) is 8.42 Å². The number of benzene rings is 2. The van der Waals surface area contributed by atoms with Gasteiger partial charge >= 0.3 is 0 Å². The van der Waals surface area contributed by atoms with Crippen LogP contribution in [0.4, 0.5) is 0 Å². The molecule has 2 aromatic carbocycles. The number of piperidine rings is 1. The quantitative estimate of drug-likeness (QED) is 0.576. The van der Waals surface area contributed by atoms with Crippen LogP contribution in [0.25, 0.3) is 0 Å². The number of carbonyl (C=O) groups excluding carboxylic acids is 1. The Kier molecular flexibility index (Phi) is 8.05. The minimum absolute atomic E-state index is 0.0146. The van der Waals surface area contributed by atoms with Gasteiger partial charge in [0.15, 0.2) is 0 Å². The minimum Gasteiger partial charge on any atom is -0.497 e. The van der Waals surface area contributed by atoms with E-state index in [1.165, 1.54) is 22.5 Å². The Bertz CT molecular complexity index is 1020. The fourth-order valence-electron chi connectivity index (χ4n) is 3.35. The van der Waals surface area contributed by atoms with Crippen LogP contribution in [0.2, 0.25) is 10.0 Å². The predicted octanol–water partition coefficient (Wildman–Crippen LogP) is 3.60. The normalized spacial score (nSPS) is 15.5. The Hall–Kier alpha value is -2.00. The number of rotatable bonds is 8. The molecule has 31 heavy (non-hydrogen) atoms. The second kappa shape index (κ2) is 10.5. The molecule has 0 spiro atoms. The van der Waals surface area contributed by atoms with Gasteiger partial charge in [0.1, 0.15) is 23.0 Å². The van der Waals surface area contributed by atoms with Gasteiger partial charge in [-0.1, -0.05) is 29.3 Å². The Morgan fingerprint density at radius 2 is 1.84 bits per heavy atom. The molecule has 0 aromatic heterocycles. The van der Waals surface area contributed by atoms with Crippen molar-refractivity contribution in [2.45, 2.75) is 17.7 Å². The summed E-state index contributed by atoms with van der Waals surface area (Å²) in [6.45, 7) is 1.15. The molecule has 0 unspecified atom stereocenters. The summed E-state index contributed by atoms with van der Waals surface area (Å²) in [5.41, 5.74) is 0. The second-order valence-corrected chi connectivity index (χ2v) is 9.82. The molecule has 1 saturated heterocycles. The Morgan fingerprint density at radius 3 is 2.55 bits per heavy atom. The first-order valence-electron chi connectivity index (χ1n) is 9.81. The fourth-order valence-corrected chi connectivity index (χ4v) is 5.56. The van der Waals surface area contributed by atoms with E-state index in [1.54, 1.807) is 13.2 Å². The number of methoxy groups -OCH3 is 1. The van der Waals surface area contributed by atoms with E-state index >= 15 is 0 Å². The highest BCUT2D eigenvalue weighted by Gasteiger charge is 2.33. The van der Waals surface area contributed by atoms with Gasteiger partial charge in [-0.2, -0.15) is 4.31 Å². The van der Waals surface area contributed by atoms with Crippen LogP contribution >= 0.6 is 23.2 Å². The highest BCUT2D eigenvalue weighted by Crippen LogP contribution is 2.30. The number of halogens is 2. The Morgan fingerprint density at radius 1 is 1.13 bits per heavy atom. The first-order valence-corrected chi connectivity index (χ1v) is 12.0. The van der Waals surface area contributed by atoms with E-state index < -0.39 is 10.0 Å². The summed E-state index contributed by atoms with van der Waals surface area (Å²) in [6, 6.07) is 11.6. The molecular formula is C21H24Cl2N2O5S. The summed E-state index contributed by atoms with van der Waals surface area (Å²) in [6.07, 6.45) is 0.861. The molecule has 0 atom stereocenters. The van der Waals surface area contributed by atoms with Crippen molar-refractivity contribution in [3.63, 3.8) is 0 Å². The molecule has 0 bridgehead atoms. The number of nitrogens with one attached hydrogen (secondary N) is 1. The lowest BCUT2D eigenvalue weighted by Gasteiger charge is -2.30. The topological polar surface area (TPSA) is 84.9 Å². The van der Waals surface area contributed by atoms with Crippen LogP contribution in [-0.2, 0) is 14.8 Å². The number of nitrogens with zero attached hydrogens (tertiary/aromatic N) is 1. The van der Waals surface area contributed by atoms with Crippen molar-refractivity contribution in [3.05, 3.63) is 52.5 Å². The molecule has 1 fully saturated rings. The monoisotopic (exact) mass is 486 g/mol. The molecule has 3 rings (SSSR count). The maximum atomic E-state index is 12.9. The van der Waals surface area contributed by atoms with E-state index in [9.17, 15) is 13.2 Å². The van der Waals surface area contributed by atoms with E-state index in [-0.39, 0.29) is 34.8 Å². The summed E-state index contributed by atoms with van der Waals surface area (Å²) < 4.78 is 37.9. The number of amides is 1. The zero-order valence-corrected chi connectivity index (χ0v) is 19.3. The molecule has 1 N–H and O–H groups in total. The van der Waals surface area contributed by atoms with E-state index in [0.717, 1.165) is 0 Å². The Labute approximate surface area is 192 Å². The number of hydrogen-bond donors (Lipinski definition) is 1.